The van der Waals surface area contributed by atoms with Gasteiger partial charge in [0.25, 0.3) is 0 Å². The summed E-state index contributed by atoms with van der Waals surface area (Å²) in [6, 6.07) is -1.68. The highest BCUT2D eigenvalue weighted by atomic mass is 31.2. The molecule has 0 heterocycles. The molecule has 0 aliphatic heterocycles. The number of nitrogens with two attached hydrogens (primary N) is 1. The van der Waals surface area contributed by atoms with Gasteiger partial charge in [0, 0.05) is 51.6 Å². The van der Waals surface area contributed by atoms with Crippen LogP contribution in [0.25, 0.3) is 0 Å². The number of nitrogens with one attached hydrogen (secondary N) is 4. The largest absolute Gasteiger partial charge is 0.472 e. The predicted molar refractivity (Wildman–Crippen MR) is 463 cm³/mol. The zero-order valence-corrected chi connectivity index (χ0v) is 75.0. The Morgan fingerprint density at radius 3 is 0.965 bits per heavy atom. The van der Waals surface area contributed by atoms with Crippen LogP contribution >= 0.6 is 15.6 Å². The number of phosphoric acid groups is 2. The van der Waals surface area contributed by atoms with E-state index in [0.29, 0.717) is 83.6 Å². The number of rotatable bonds is 88. The topological polar surface area (TPSA) is 325 Å². The summed E-state index contributed by atoms with van der Waals surface area (Å²) in [6.45, 7) is 11.3. The Labute approximate surface area is 694 Å². The van der Waals surface area contributed by atoms with Crippen LogP contribution in [0.5, 0.6) is 0 Å². The normalized spacial score (nSPS) is 14.1. The maximum absolute atomic E-state index is 13.6. The number of carbonyl (C=O) groups excluding carboxylic acids is 6. The van der Waals surface area contributed by atoms with Crippen molar-refractivity contribution < 1.29 is 84.7 Å². The van der Waals surface area contributed by atoms with Crippen molar-refractivity contribution in [3.63, 3.8) is 0 Å². The number of hydrogen-bond acceptors (Lipinski definition) is 17. The lowest BCUT2D eigenvalue weighted by Crippen LogP contribution is -2.43. The van der Waals surface area contributed by atoms with E-state index in [1.165, 1.54) is 141 Å². The van der Waals surface area contributed by atoms with Crippen LogP contribution in [0.3, 0.4) is 0 Å². The second kappa shape index (κ2) is 81.7. The van der Waals surface area contributed by atoms with Crippen molar-refractivity contribution in [3.8, 4) is 0 Å². The minimum atomic E-state index is -4.79. The molecule has 0 aromatic heterocycles. The van der Waals surface area contributed by atoms with Crippen LogP contribution in [0, 0.1) is 5.92 Å². The Bertz CT molecular complexity index is 2270. The molecule has 0 aliphatic rings. The van der Waals surface area contributed by atoms with Crippen LogP contribution in [0.4, 0.5) is 0 Å². The van der Waals surface area contributed by atoms with Crippen LogP contribution in [0.2, 0.25) is 0 Å². The van der Waals surface area contributed by atoms with Gasteiger partial charge < -0.3 is 55.7 Å². The Balaban J connectivity index is 5.90. The van der Waals surface area contributed by atoms with E-state index in [9.17, 15) is 47.7 Å². The average Bonchev–Trinajstić information content (AvgIpc) is 0.894. The molecule has 0 aromatic carbocycles. The number of allylic oxidation sites excluding steroid dienone is 4. The van der Waals surface area contributed by atoms with E-state index >= 15 is 0 Å². The fourth-order valence-corrected chi connectivity index (χ4v) is 14.9. The quantitative estimate of drug-likeness (QED) is 0.00978. The molecule has 0 saturated heterocycles. The van der Waals surface area contributed by atoms with Crippen molar-refractivity contribution in [1.82, 2.24) is 21.3 Å². The standard InChI is InChI=1S/C89H171N5O18P2/c1-7-13-19-25-29-33-35-39-41-47-53-62-84(95)93-79(75-105-71-66-81(59-51-45-23-17-11-5)111-86(97)64-55-49-43-37-31-27-21-15-9-3)77-109-113(101,102)107-73-69-91-88(99)83(61-57-58-68-90)89(100)92-70-74-108-114(103,104)110-78-80(94-85(96)63-54-48-42-40-36-34-30-26-20-14-8-2)76-106-72-67-82(60-52-46-24-18-12-6)112-87(98)65-56-50-44-38-32-28-22-16-10-4/h37-38,43-44,79-83H,7-36,39-42,45-78,90H2,1-6H3,(H,91,99)(H,92,100)(H,93,95)(H,94,96)(H,101,102)(H,103,104)/b43-37-,44-38-/t79?,80?,81-,82-,83?/m1/s1. The Morgan fingerprint density at radius 2 is 0.632 bits per heavy atom. The minimum Gasteiger partial charge on any atom is -0.462 e. The van der Waals surface area contributed by atoms with E-state index < -0.39 is 71.9 Å². The highest BCUT2D eigenvalue weighted by Gasteiger charge is 2.30. The van der Waals surface area contributed by atoms with Gasteiger partial charge in [0.05, 0.1) is 64.9 Å². The zero-order valence-electron chi connectivity index (χ0n) is 73.2. The number of unbranched alkanes of at least 4 members (excludes halogenated alkanes) is 39. The molecule has 23 nitrogen and oxygen atoms in total. The average molecular weight is 1660 g/mol. The molecule has 0 aromatic rings. The first-order valence-electron chi connectivity index (χ1n) is 46.3. The Morgan fingerprint density at radius 1 is 0.333 bits per heavy atom. The second-order valence-corrected chi connectivity index (χ2v) is 34.4. The van der Waals surface area contributed by atoms with Gasteiger partial charge in [-0.2, -0.15) is 0 Å². The number of esters is 2. The van der Waals surface area contributed by atoms with Crippen LogP contribution in [0.15, 0.2) is 24.3 Å². The first-order chi connectivity index (χ1) is 55.4. The zero-order chi connectivity index (χ0) is 83.7. The smallest absolute Gasteiger partial charge is 0.462 e. The molecule has 4 amide bonds. The van der Waals surface area contributed by atoms with Gasteiger partial charge in [0.2, 0.25) is 23.6 Å². The van der Waals surface area contributed by atoms with E-state index in [4.69, 9.17) is 42.8 Å². The van der Waals surface area contributed by atoms with E-state index in [1.54, 1.807) is 0 Å². The van der Waals surface area contributed by atoms with Crippen molar-refractivity contribution >= 4 is 51.2 Å². The second-order valence-electron chi connectivity index (χ2n) is 31.5. The van der Waals surface area contributed by atoms with Crippen LogP contribution in [0.1, 0.15) is 408 Å². The third-order valence-corrected chi connectivity index (χ3v) is 22.4. The van der Waals surface area contributed by atoms with Crippen molar-refractivity contribution in [3.05, 3.63) is 24.3 Å². The molecule has 0 fully saturated rings. The van der Waals surface area contributed by atoms with Gasteiger partial charge in [-0.05, 0) is 109 Å². The fraction of sp³-hybridized carbons (Fsp3) is 0.888. The van der Waals surface area contributed by atoms with Crippen molar-refractivity contribution in [2.24, 2.45) is 11.7 Å². The number of hydrogen-bond donors (Lipinski definition) is 7. The van der Waals surface area contributed by atoms with Crippen LogP contribution < -0.4 is 27.0 Å². The molecule has 8 N–H and O–H groups in total. The number of ether oxygens (including phenoxy) is 4. The third kappa shape index (κ3) is 74.7. The van der Waals surface area contributed by atoms with E-state index in [-0.39, 0.29) is 94.7 Å². The molecule has 25 heteroatoms. The van der Waals surface area contributed by atoms with E-state index in [1.807, 2.05) is 0 Å². The highest BCUT2D eigenvalue weighted by molar-refractivity contribution is 7.47. The molecular weight excluding hydrogens is 1490 g/mol. The predicted octanol–water partition coefficient (Wildman–Crippen LogP) is 21.4. The number of phosphoric ester groups is 2. The molecule has 0 bridgehead atoms. The molecule has 6 atom stereocenters. The van der Waals surface area contributed by atoms with Gasteiger partial charge in [0.15, 0.2) is 0 Å². The van der Waals surface area contributed by atoms with Gasteiger partial charge in [-0.25, -0.2) is 9.13 Å². The molecule has 114 heavy (non-hydrogen) atoms. The lowest BCUT2D eigenvalue weighted by molar-refractivity contribution is -0.151. The van der Waals surface area contributed by atoms with Crippen LogP contribution in [-0.4, -0.2) is 142 Å². The van der Waals surface area contributed by atoms with Crippen molar-refractivity contribution in [2.45, 2.75) is 432 Å². The van der Waals surface area contributed by atoms with Crippen molar-refractivity contribution in [1.29, 1.82) is 0 Å². The number of carbonyl (C=O) groups is 6. The Kier molecular flexibility index (Phi) is 79.2. The first-order valence-corrected chi connectivity index (χ1v) is 49.3. The van der Waals surface area contributed by atoms with Gasteiger partial charge in [-0.3, -0.25) is 46.9 Å². The highest BCUT2D eigenvalue weighted by Crippen LogP contribution is 2.44. The summed E-state index contributed by atoms with van der Waals surface area (Å²) in [5.74, 6) is -3.64. The number of amides is 4. The summed E-state index contributed by atoms with van der Waals surface area (Å²) in [4.78, 5) is 102. The molecule has 0 aliphatic carbocycles. The molecule has 0 spiro atoms. The van der Waals surface area contributed by atoms with Crippen molar-refractivity contribution in [2.75, 3.05) is 72.5 Å². The molecule has 0 radical (unpaired) electrons. The molecule has 4 unspecified atom stereocenters. The lowest BCUT2D eigenvalue weighted by Gasteiger charge is -2.22. The summed E-state index contributed by atoms with van der Waals surface area (Å²) < 4.78 is 72.4. The molecule has 0 rings (SSSR count). The van der Waals surface area contributed by atoms with Crippen LogP contribution in [-0.2, 0) is 74.9 Å². The summed E-state index contributed by atoms with van der Waals surface area (Å²) in [5, 5.41) is 11.0. The molecular formula is C89H171N5O18P2. The molecule has 670 valence electrons. The van der Waals surface area contributed by atoms with E-state index in [2.05, 4.69) is 87.1 Å². The van der Waals surface area contributed by atoms with Gasteiger partial charge in [0.1, 0.15) is 18.1 Å². The van der Waals surface area contributed by atoms with E-state index in [0.717, 1.165) is 128 Å². The monoisotopic (exact) mass is 1660 g/mol. The summed E-state index contributed by atoms with van der Waals surface area (Å²) >= 11 is 0. The first kappa shape index (κ1) is 110. The lowest BCUT2D eigenvalue weighted by atomic mass is 10.00. The maximum Gasteiger partial charge on any atom is 0.472 e. The maximum atomic E-state index is 13.6. The summed E-state index contributed by atoms with van der Waals surface area (Å²) in [7, 11) is -9.57. The van der Waals surface area contributed by atoms with Gasteiger partial charge in [-0.15, -0.1) is 0 Å². The summed E-state index contributed by atoms with van der Waals surface area (Å²) in [6.07, 6.45) is 62.8. The fourth-order valence-electron chi connectivity index (χ4n) is 13.4. The SMILES string of the molecule is CCCCCC/C=C\CCCC(=O)O[C@H](CCCCCCC)CCOCC(COP(=O)(O)OCCNC(=O)C(CCCCN)C(=O)NCCOP(=O)(O)OCC(COCC[C@@H](CCCCCCC)OC(=O)CCC/C=C\CCCCCC)NC(=O)CCCCCCCCCCCCC)NC(=O)CCCCCCCCCCCCC. The van der Waals surface area contributed by atoms with Gasteiger partial charge in [-0.1, -0.05) is 291 Å². The summed E-state index contributed by atoms with van der Waals surface area (Å²) in [5.41, 5.74) is 5.77. The van der Waals surface area contributed by atoms with Gasteiger partial charge >= 0.3 is 27.6 Å². The Hall–Kier alpha value is -3.60. The third-order valence-electron chi connectivity index (χ3n) is 20.5. The minimum absolute atomic E-state index is 0.0618. The molecule has 0 saturated carbocycles.